The molecule has 1 aromatic heterocycles. The first-order valence-electron chi connectivity index (χ1n) is 9.38. The Bertz CT molecular complexity index is 955. The molecule has 0 saturated heterocycles. The number of nitrogens with zero attached hydrogens (tertiary/aromatic N) is 2. The van der Waals surface area contributed by atoms with Gasteiger partial charge in [0.25, 0.3) is 0 Å². The zero-order valence-electron chi connectivity index (χ0n) is 16.1. The van der Waals surface area contributed by atoms with Gasteiger partial charge in [-0.15, -0.1) is 0 Å². The molecule has 0 fully saturated rings. The number of amides is 1. The van der Waals surface area contributed by atoms with Crippen LogP contribution in [0.3, 0.4) is 0 Å². The minimum atomic E-state index is 0.0392. The minimum absolute atomic E-state index is 0.0392. The summed E-state index contributed by atoms with van der Waals surface area (Å²) in [6.45, 7) is 6.95. The second-order valence-electron chi connectivity index (χ2n) is 6.57. The van der Waals surface area contributed by atoms with E-state index in [1.54, 1.807) is 0 Å². The Morgan fingerprint density at radius 2 is 1.96 bits per heavy atom. The summed E-state index contributed by atoms with van der Waals surface area (Å²) in [6.07, 6.45) is 1.89. The van der Waals surface area contributed by atoms with Crippen molar-refractivity contribution < 1.29 is 4.79 Å². The number of fused-ring (bicyclic) bond motifs is 1. The molecule has 1 amide bonds. The van der Waals surface area contributed by atoms with Gasteiger partial charge in [-0.2, -0.15) is 0 Å². The van der Waals surface area contributed by atoms with Crippen molar-refractivity contribution in [3.05, 3.63) is 53.6 Å². The monoisotopic (exact) mass is 379 g/mol. The maximum absolute atomic E-state index is 12.1. The Labute approximate surface area is 164 Å². The number of hydrogen-bond acceptors (Lipinski definition) is 4. The standard InChI is InChI=1S/C22H25N3OS/c1-4-11-23-20(26)14-27-22-18-13-16(5-2)9-10-19(18)24-21(25-22)17-8-6-7-15(3)12-17/h6-10,12-13H,4-5,11,14H2,1-3H3,(H,23,26). The lowest BCUT2D eigenvalue weighted by molar-refractivity contribution is -0.118. The van der Waals surface area contributed by atoms with Gasteiger partial charge in [0.15, 0.2) is 5.82 Å². The normalized spacial score (nSPS) is 10.9. The van der Waals surface area contributed by atoms with Gasteiger partial charge in [-0.1, -0.05) is 55.4 Å². The number of hydrogen-bond donors (Lipinski definition) is 1. The van der Waals surface area contributed by atoms with Crippen LogP contribution in [-0.4, -0.2) is 28.2 Å². The first kappa shape index (κ1) is 19.4. The number of benzene rings is 2. The van der Waals surface area contributed by atoms with Crippen molar-refractivity contribution in [1.29, 1.82) is 0 Å². The summed E-state index contributed by atoms with van der Waals surface area (Å²) < 4.78 is 0. The van der Waals surface area contributed by atoms with Crippen LogP contribution in [0, 0.1) is 6.92 Å². The van der Waals surface area contributed by atoms with E-state index in [1.807, 2.05) is 19.1 Å². The van der Waals surface area contributed by atoms with Gasteiger partial charge in [0.1, 0.15) is 5.03 Å². The molecule has 4 nitrogen and oxygen atoms in total. The fourth-order valence-corrected chi connectivity index (χ4v) is 3.68. The van der Waals surface area contributed by atoms with E-state index in [1.165, 1.54) is 22.9 Å². The van der Waals surface area contributed by atoms with Gasteiger partial charge in [0, 0.05) is 17.5 Å². The Morgan fingerprint density at radius 3 is 2.70 bits per heavy atom. The number of aryl methyl sites for hydroxylation is 2. The molecule has 140 valence electrons. The van der Waals surface area contributed by atoms with Gasteiger partial charge in [-0.05, 0) is 43.5 Å². The van der Waals surface area contributed by atoms with E-state index in [0.717, 1.165) is 34.3 Å². The lowest BCUT2D eigenvalue weighted by Crippen LogP contribution is -2.25. The summed E-state index contributed by atoms with van der Waals surface area (Å²) in [5.74, 6) is 1.10. The number of aromatic nitrogens is 2. The minimum Gasteiger partial charge on any atom is -0.355 e. The van der Waals surface area contributed by atoms with Crippen LogP contribution >= 0.6 is 11.8 Å². The fraction of sp³-hybridized carbons (Fsp3) is 0.318. The van der Waals surface area contributed by atoms with E-state index in [4.69, 9.17) is 9.97 Å². The molecule has 5 heteroatoms. The van der Waals surface area contributed by atoms with Gasteiger partial charge in [0.05, 0.1) is 11.3 Å². The van der Waals surface area contributed by atoms with Crippen molar-refractivity contribution in [1.82, 2.24) is 15.3 Å². The average Bonchev–Trinajstić information content (AvgIpc) is 2.69. The highest BCUT2D eigenvalue weighted by Gasteiger charge is 2.12. The fourth-order valence-electron chi connectivity index (χ4n) is 2.84. The number of thioether (sulfide) groups is 1. The van der Waals surface area contributed by atoms with E-state index >= 15 is 0 Å². The van der Waals surface area contributed by atoms with Crippen molar-refractivity contribution >= 4 is 28.6 Å². The SMILES string of the molecule is CCCNC(=O)CSc1nc(-c2cccc(C)c2)nc2ccc(CC)cc12. The summed E-state index contributed by atoms with van der Waals surface area (Å²) in [6, 6.07) is 14.5. The van der Waals surface area contributed by atoms with Crippen molar-refractivity contribution in [2.75, 3.05) is 12.3 Å². The summed E-state index contributed by atoms with van der Waals surface area (Å²) in [4.78, 5) is 21.6. The van der Waals surface area contributed by atoms with E-state index in [9.17, 15) is 4.79 Å². The van der Waals surface area contributed by atoms with Crippen molar-refractivity contribution in [2.24, 2.45) is 0 Å². The molecule has 0 aliphatic carbocycles. The number of carbonyl (C=O) groups is 1. The molecular formula is C22H25N3OS. The topological polar surface area (TPSA) is 54.9 Å². The molecule has 3 rings (SSSR count). The lowest BCUT2D eigenvalue weighted by Gasteiger charge is -2.10. The number of carbonyl (C=O) groups excluding carboxylic acids is 1. The number of rotatable bonds is 7. The third kappa shape index (κ3) is 4.86. The van der Waals surface area contributed by atoms with Gasteiger partial charge in [-0.25, -0.2) is 9.97 Å². The molecule has 3 aromatic rings. The van der Waals surface area contributed by atoms with Crippen molar-refractivity contribution in [3.8, 4) is 11.4 Å². The molecular weight excluding hydrogens is 354 g/mol. The molecule has 0 saturated carbocycles. The molecule has 0 aliphatic rings. The second kappa shape index (κ2) is 9.00. The second-order valence-corrected chi connectivity index (χ2v) is 7.53. The highest BCUT2D eigenvalue weighted by Crippen LogP contribution is 2.29. The van der Waals surface area contributed by atoms with Crippen LogP contribution in [-0.2, 0) is 11.2 Å². The van der Waals surface area contributed by atoms with Crippen molar-refractivity contribution in [3.63, 3.8) is 0 Å². The Morgan fingerprint density at radius 1 is 1.11 bits per heavy atom. The van der Waals surface area contributed by atoms with Crippen LogP contribution in [0.25, 0.3) is 22.3 Å². The molecule has 0 unspecified atom stereocenters. The Kier molecular flexibility index (Phi) is 6.45. The highest BCUT2D eigenvalue weighted by molar-refractivity contribution is 8.00. The first-order valence-corrected chi connectivity index (χ1v) is 10.4. The van der Waals surface area contributed by atoms with E-state index in [-0.39, 0.29) is 5.91 Å². The Balaban J connectivity index is 2.00. The predicted octanol–water partition coefficient (Wildman–Crippen LogP) is 4.79. The van der Waals surface area contributed by atoms with Gasteiger partial charge < -0.3 is 5.32 Å². The molecule has 0 aliphatic heterocycles. The molecule has 1 heterocycles. The van der Waals surface area contributed by atoms with Crippen LogP contribution in [0.4, 0.5) is 0 Å². The van der Waals surface area contributed by atoms with Crippen LogP contribution in [0.2, 0.25) is 0 Å². The largest absolute Gasteiger partial charge is 0.355 e. The van der Waals surface area contributed by atoms with Crippen LogP contribution in [0.5, 0.6) is 0 Å². The maximum Gasteiger partial charge on any atom is 0.230 e. The quantitative estimate of drug-likeness (QED) is 0.474. The molecule has 2 aromatic carbocycles. The van der Waals surface area contributed by atoms with Crippen LogP contribution in [0.1, 0.15) is 31.4 Å². The molecule has 0 radical (unpaired) electrons. The third-order valence-corrected chi connectivity index (χ3v) is 5.31. The molecule has 1 N–H and O–H groups in total. The lowest BCUT2D eigenvalue weighted by atomic mass is 10.1. The zero-order valence-corrected chi connectivity index (χ0v) is 16.9. The first-order chi connectivity index (χ1) is 13.1. The van der Waals surface area contributed by atoms with E-state index in [2.05, 4.69) is 49.5 Å². The summed E-state index contributed by atoms with van der Waals surface area (Å²) in [5.41, 5.74) is 4.32. The summed E-state index contributed by atoms with van der Waals surface area (Å²) in [7, 11) is 0. The predicted molar refractivity (Wildman–Crippen MR) is 113 cm³/mol. The third-order valence-electron chi connectivity index (χ3n) is 4.32. The summed E-state index contributed by atoms with van der Waals surface area (Å²) >= 11 is 1.48. The van der Waals surface area contributed by atoms with Crippen LogP contribution < -0.4 is 5.32 Å². The molecule has 0 bridgehead atoms. The molecule has 27 heavy (non-hydrogen) atoms. The number of nitrogens with one attached hydrogen (secondary N) is 1. The smallest absolute Gasteiger partial charge is 0.230 e. The van der Waals surface area contributed by atoms with Crippen molar-refractivity contribution in [2.45, 2.75) is 38.6 Å². The van der Waals surface area contributed by atoms with Gasteiger partial charge in [0.2, 0.25) is 5.91 Å². The Hall–Kier alpha value is -2.40. The maximum atomic E-state index is 12.1. The van der Waals surface area contributed by atoms with E-state index in [0.29, 0.717) is 18.1 Å². The van der Waals surface area contributed by atoms with Gasteiger partial charge >= 0.3 is 0 Å². The summed E-state index contributed by atoms with van der Waals surface area (Å²) in [5, 5.41) is 4.80. The zero-order chi connectivity index (χ0) is 19.2. The average molecular weight is 380 g/mol. The molecule has 0 atom stereocenters. The molecule has 0 spiro atoms. The highest BCUT2D eigenvalue weighted by atomic mass is 32.2. The van der Waals surface area contributed by atoms with Gasteiger partial charge in [-0.3, -0.25) is 4.79 Å². The van der Waals surface area contributed by atoms with E-state index < -0.39 is 0 Å². The van der Waals surface area contributed by atoms with Crippen LogP contribution in [0.15, 0.2) is 47.5 Å².